The molecule has 1 aromatic carbocycles. The fraction of sp³-hybridized carbons (Fsp3) is 0.0833. The van der Waals surface area contributed by atoms with Crippen molar-refractivity contribution >= 4 is 28.6 Å². The van der Waals surface area contributed by atoms with Crippen LogP contribution in [0.5, 0.6) is 0 Å². The van der Waals surface area contributed by atoms with Gasteiger partial charge < -0.3 is 4.74 Å². The highest BCUT2D eigenvalue weighted by Gasteiger charge is 2.10. The van der Waals surface area contributed by atoms with E-state index >= 15 is 0 Å². The second-order valence-electron chi connectivity index (χ2n) is 3.31. The molecule has 2 rings (SSSR count). The number of esters is 1. The van der Waals surface area contributed by atoms with E-state index in [-0.39, 0.29) is 5.97 Å². The molecule has 0 fully saturated rings. The van der Waals surface area contributed by atoms with Gasteiger partial charge in [-0.3, -0.25) is 0 Å². The number of hydrogen-bond acceptors (Lipinski definition) is 4. The minimum absolute atomic E-state index is 0.348. The van der Waals surface area contributed by atoms with Gasteiger partial charge in [-0.05, 0) is 46.4 Å². The first-order chi connectivity index (χ1) is 8.22. The summed E-state index contributed by atoms with van der Waals surface area (Å²) >= 11 is 2.21. The SMILES string of the molecule is COC(=O)c1ccc(I)c(-c2cncnc2)c1. The zero-order chi connectivity index (χ0) is 12.3. The van der Waals surface area contributed by atoms with Crippen LogP contribution in [0.25, 0.3) is 11.1 Å². The summed E-state index contributed by atoms with van der Waals surface area (Å²) in [6, 6.07) is 5.39. The third-order valence-electron chi connectivity index (χ3n) is 2.26. The van der Waals surface area contributed by atoms with Crippen molar-refractivity contribution in [1.29, 1.82) is 0 Å². The first kappa shape index (κ1) is 12.0. The van der Waals surface area contributed by atoms with E-state index in [4.69, 9.17) is 4.74 Å². The van der Waals surface area contributed by atoms with Crippen molar-refractivity contribution in [1.82, 2.24) is 9.97 Å². The lowest BCUT2D eigenvalue weighted by Gasteiger charge is -2.06. The second kappa shape index (κ2) is 5.22. The molecule has 17 heavy (non-hydrogen) atoms. The number of nitrogens with zero attached hydrogens (tertiary/aromatic N) is 2. The van der Waals surface area contributed by atoms with Gasteiger partial charge in [0.1, 0.15) is 6.33 Å². The van der Waals surface area contributed by atoms with Gasteiger partial charge in [0, 0.05) is 21.5 Å². The maximum atomic E-state index is 11.5. The maximum Gasteiger partial charge on any atom is 0.337 e. The largest absolute Gasteiger partial charge is 0.465 e. The highest BCUT2D eigenvalue weighted by Crippen LogP contribution is 2.25. The van der Waals surface area contributed by atoms with Crippen LogP contribution in [0.3, 0.4) is 0 Å². The Bertz CT molecular complexity index is 543. The van der Waals surface area contributed by atoms with Crippen molar-refractivity contribution in [3.8, 4) is 11.1 Å². The third-order valence-corrected chi connectivity index (χ3v) is 3.20. The Morgan fingerprint density at radius 3 is 2.65 bits per heavy atom. The molecule has 0 saturated heterocycles. The molecule has 86 valence electrons. The zero-order valence-electron chi connectivity index (χ0n) is 9.05. The van der Waals surface area contributed by atoms with E-state index in [9.17, 15) is 4.79 Å². The molecule has 0 atom stereocenters. The van der Waals surface area contributed by atoms with E-state index in [1.807, 2.05) is 6.07 Å². The molecule has 2 aromatic rings. The Balaban J connectivity index is 2.50. The monoisotopic (exact) mass is 340 g/mol. The molecule has 5 heteroatoms. The van der Waals surface area contributed by atoms with Crippen LogP contribution < -0.4 is 0 Å². The van der Waals surface area contributed by atoms with Crippen LogP contribution in [0.4, 0.5) is 0 Å². The van der Waals surface area contributed by atoms with Gasteiger partial charge in [0.25, 0.3) is 0 Å². The van der Waals surface area contributed by atoms with E-state index in [0.717, 1.165) is 14.7 Å². The van der Waals surface area contributed by atoms with E-state index in [1.165, 1.54) is 13.4 Å². The van der Waals surface area contributed by atoms with Gasteiger partial charge in [0.15, 0.2) is 0 Å². The Hall–Kier alpha value is -1.50. The normalized spacial score (nSPS) is 10.0. The first-order valence-electron chi connectivity index (χ1n) is 4.85. The van der Waals surface area contributed by atoms with E-state index < -0.39 is 0 Å². The van der Waals surface area contributed by atoms with Crippen molar-refractivity contribution in [2.45, 2.75) is 0 Å². The van der Waals surface area contributed by atoms with Crippen LogP contribution in [-0.2, 0) is 4.74 Å². The number of benzene rings is 1. The molecule has 1 heterocycles. The standard InChI is InChI=1S/C12H9IN2O2/c1-17-12(16)8-2-3-11(13)10(4-8)9-5-14-7-15-6-9/h2-7H,1H3. The highest BCUT2D eigenvalue weighted by molar-refractivity contribution is 14.1. The average Bonchev–Trinajstić information content (AvgIpc) is 2.39. The van der Waals surface area contributed by atoms with Crippen LogP contribution in [-0.4, -0.2) is 23.0 Å². The van der Waals surface area contributed by atoms with Crippen molar-refractivity contribution in [2.24, 2.45) is 0 Å². The second-order valence-corrected chi connectivity index (χ2v) is 4.48. The van der Waals surface area contributed by atoms with Crippen LogP contribution in [0.2, 0.25) is 0 Å². The number of methoxy groups -OCH3 is 1. The van der Waals surface area contributed by atoms with Gasteiger partial charge >= 0.3 is 5.97 Å². The van der Waals surface area contributed by atoms with Crippen molar-refractivity contribution in [3.05, 3.63) is 46.1 Å². The minimum atomic E-state index is -0.348. The molecule has 0 spiro atoms. The topological polar surface area (TPSA) is 52.1 Å². The summed E-state index contributed by atoms with van der Waals surface area (Å²) in [5, 5.41) is 0. The van der Waals surface area contributed by atoms with Gasteiger partial charge in [0.2, 0.25) is 0 Å². The number of halogens is 1. The molecule has 0 aliphatic carbocycles. The number of hydrogen-bond donors (Lipinski definition) is 0. The number of ether oxygens (including phenoxy) is 1. The quantitative estimate of drug-likeness (QED) is 0.623. The zero-order valence-corrected chi connectivity index (χ0v) is 11.2. The fourth-order valence-electron chi connectivity index (χ4n) is 1.43. The van der Waals surface area contributed by atoms with Crippen molar-refractivity contribution < 1.29 is 9.53 Å². The summed E-state index contributed by atoms with van der Waals surface area (Å²) in [5.41, 5.74) is 2.32. The summed E-state index contributed by atoms with van der Waals surface area (Å²) in [5.74, 6) is -0.348. The Morgan fingerprint density at radius 2 is 2.00 bits per heavy atom. The molecule has 0 aliphatic rings. The smallest absolute Gasteiger partial charge is 0.337 e. The van der Waals surface area contributed by atoms with Gasteiger partial charge in [0.05, 0.1) is 12.7 Å². The lowest BCUT2D eigenvalue weighted by Crippen LogP contribution is -2.01. The number of carbonyl (C=O) groups is 1. The maximum absolute atomic E-state index is 11.5. The molecule has 4 nitrogen and oxygen atoms in total. The number of aromatic nitrogens is 2. The lowest BCUT2D eigenvalue weighted by molar-refractivity contribution is 0.0601. The van der Waals surface area contributed by atoms with Crippen LogP contribution >= 0.6 is 22.6 Å². The predicted molar refractivity (Wildman–Crippen MR) is 71.5 cm³/mol. The van der Waals surface area contributed by atoms with Crippen LogP contribution in [0, 0.1) is 3.57 Å². The number of carbonyl (C=O) groups excluding carboxylic acids is 1. The molecular formula is C12H9IN2O2. The molecule has 0 unspecified atom stereocenters. The Kier molecular flexibility index (Phi) is 3.68. The van der Waals surface area contributed by atoms with Crippen molar-refractivity contribution in [2.75, 3.05) is 7.11 Å². The summed E-state index contributed by atoms with van der Waals surface area (Å²) in [7, 11) is 1.37. The molecule has 0 bridgehead atoms. The highest BCUT2D eigenvalue weighted by atomic mass is 127. The fourth-order valence-corrected chi connectivity index (χ4v) is 2.08. The van der Waals surface area contributed by atoms with E-state index in [2.05, 4.69) is 32.6 Å². The molecule has 0 aliphatic heterocycles. The first-order valence-corrected chi connectivity index (χ1v) is 5.93. The molecule has 0 radical (unpaired) electrons. The predicted octanol–water partition coefficient (Wildman–Crippen LogP) is 2.53. The molecular weight excluding hydrogens is 331 g/mol. The van der Waals surface area contributed by atoms with E-state index in [1.54, 1.807) is 24.5 Å². The van der Waals surface area contributed by atoms with Gasteiger partial charge in [-0.2, -0.15) is 0 Å². The Labute approximate surface area is 112 Å². The summed E-state index contributed by atoms with van der Waals surface area (Å²) < 4.78 is 5.73. The number of rotatable bonds is 2. The van der Waals surface area contributed by atoms with Gasteiger partial charge in [-0.25, -0.2) is 14.8 Å². The Morgan fingerprint density at radius 1 is 1.29 bits per heavy atom. The molecule has 0 amide bonds. The lowest BCUT2D eigenvalue weighted by atomic mass is 10.1. The van der Waals surface area contributed by atoms with Crippen LogP contribution in [0.1, 0.15) is 10.4 Å². The van der Waals surface area contributed by atoms with E-state index in [0.29, 0.717) is 5.56 Å². The third kappa shape index (κ3) is 2.60. The summed E-state index contributed by atoms with van der Waals surface area (Å²) in [4.78, 5) is 19.4. The summed E-state index contributed by atoms with van der Waals surface area (Å²) in [6.07, 6.45) is 4.90. The summed E-state index contributed by atoms with van der Waals surface area (Å²) in [6.45, 7) is 0. The minimum Gasteiger partial charge on any atom is -0.465 e. The van der Waals surface area contributed by atoms with Crippen LogP contribution in [0.15, 0.2) is 36.9 Å². The van der Waals surface area contributed by atoms with Gasteiger partial charge in [-0.1, -0.05) is 0 Å². The molecule has 1 aromatic heterocycles. The molecule has 0 saturated carbocycles. The molecule has 0 N–H and O–H groups in total. The van der Waals surface area contributed by atoms with Crippen molar-refractivity contribution in [3.63, 3.8) is 0 Å². The van der Waals surface area contributed by atoms with Gasteiger partial charge in [-0.15, -0.1) is 0 Å². The average molecular weight is 340 g/mol.